The van der Waals surface area contributed by atoms with Crippen molar-refractivity contribution in [1.29, 1.82) is 0 Å². The number of halogens is 3. The van der Waals surface area contributed by atoms with Crippen LogP contribution in [0.25, 0.3) is 5.65 Å². The lowest BCUT2D eigenvalue weighted by Gasteiger charge is -2.18. The molecule has 1 aromatic carbocycles. The first kappa shape index (κ1) is 23.1. The van der Waals surface area contributed by atoms with E-state index in [0.29, 0.717) is 31.0 Å². The number of nitrogens with one attached hydrogen (secondary N) is 2. The number of nitrogens with zero attached hydrogens (tertiary/aromatic N) is 3. The summed E-state index contributed by atoms with van der Waals surface area (Å²) in [7, 11) is 0. The molecule has 0 aliphatic carbocycles. The molecule has 1 unspecified atom stereocenters. The van der Waals surface area contributed by atoms with Crippen LogP contribution in [0.2, 0.25) is 0 Å². The molecular formula is C21H26F2IN5. The summed E-state index contributed by atoms with van der Waals surface area (Å²) in [4.78, 5) is 9.24. The number of imidazole rings is 1. The molecule has 0 aliphatic rings. The molecule has 0 radical (unpaired) electrons. The summed E-state index contributed by atoms with van der Waals surface area (Å²) in [5.41, 5.74) is 3.72. The highest BCUT2D eigenvalue weighted by Gasteiger charge is 2.11. The fraction of sp³-hybridized carbons (Fsp3) is 0.333. The zero-order valence-corrected chi connectivity index (χ0v) is 19.1. The Kier molecular flexibility index (Phi) is 8.36. The van der Waals surface area contributed by atoms with Crippen LogP contribution < -0.4 is 10.6 Å². The van der Waals surface area contributed by atoms with Crippen LogP contribution in [-0.2, 0) is 6.42 Å². The summed E-state index contributed by atoms with van der Waals surface area (Å²) >= 11 is 0. The van der Waals surface area contributed by atoms with Gasteiger partial charge in [-0.3, -0.25) is 4.99 Å². The van der Waals surface area contributed by atoms with Crippen molar-refractivity contribution < 1.29 is 8.78 Å². The molecule has 0 spiro atoms. The number of hydrogen-bond acceptors (Lipinski definition) is 2. The first-order chi connectivity index (χ1) is 13.5. The van der Waals surface area contributed by atoms with E-state index in [9.17, 15) is 8.78 Å². The van der Waals surface area contributed by atoms with Crippen molar-refractivity contribution in [1.82, 2.24) is 20.0 Å². The van der Waals surface area contributed by atoms with Crippen molar-refractivity contribution in [2.24, 2.45) is 4.99 Å². The largest absolute Gasteiger partial charge is 0.357 e. The van der Waals surface area contributed by atoms with E-state index in [1.54, 1.807) is 6.07 Å². The van der Waals surface area contributed by atoms with Crippen molar-refractivity contribution in [3.8, 4) is 0 Å². The van der Waals surface area contributed by atoms with E-state index < -0.39 is 11.6 Å². The van der Waals surface area contributed by atoms with Crippen molar-refractivity contribution in [2.45, 2.75) is 33.2 Å². The van der Waals surface area contributed by atoms with Crippen molar-refractivity contribution in [3.63, 3.8) is 0 Å². The number of aryl methyl sites for hydroxylation is 1. The fourth-order valence-electron chi connectivity index (χ4n) is 3.00. The summed E-state index contributed by atoms with van der Waals surface area (Å²) in [6, 6.07) is 7.73. The van der Waals surface area contributed by atoms with E-state index in [2.05, 4.69) is 20.6 Å². The van der Waals surface area contributed by atoms with Crippen LogP contribution in [0.1, 0.15) is 36.7 Å². The van der Waals surface area contributed by atoms with Gasteiger partial charge in [0.25, 0.3) is 0 Å². The van der Waals surface area contributed by atoms with Crippen molar-refractivity contribution >= 4 is 35.6 Å². The second-order valence-corrected chi connectivity index (χ2v) is 6.70. The van der Waals surface area contributed by atoms with E-state index in [-0.39, 0.29) is 30.0 Å². The average Bonchev–Trinajstić information content (AvgIpc) is 3.08. The molecule has 0 fully saturated rings. The highest BCUT2D eigenvalue weighted by molar-refractivity contribution is 14.0. The number of fused-ring (bicyclic) bond motifs is 1. The first-order valence-corrected chi connectivity index (χ1v) is 9.41. The van der Waals surface area contributed by atoms with Gasteiger partial charge in [0.2, 0.25) is 0 Å². The predicted molar refractivity (Wildman–Crippen MR) is 123 cm³/mol. The fourth-order valence-corrected chi connectivity index (χ4v) is 3.00. The highest BCUT2D eigenvalue weighted by atomic mass is 127. The third kappa shape index (κ3) is 5.88. The predicted octanol–water partition coefficient (Wildman–Crippen LogP) is 4.40. The van der Waals surface area contributed by atoms with Gasteiger partial charge in [0.1, 0.15) is 5.65 Å². The average molecular weight is 513 g/mol. The third-order valence-corrected chi connectivity index (χ3v) is 4.51. The molecule has 0 aliphatic heterocycles. The Morgan fingerprint density at radius 1 is 1.24 bits per heavy atom. The molecule has 0 saturated carbocycles. The monoisotopic (exact) mass is 513 g/mol. The third-order valence-electron chi connectivity index (χ3n) is 4.51. The van der Waals surface area contributed by atoms with E-state index >= 15 is 0 Å². The van der Waals surface area contributed by atoms with Crippen LogP contribution in [0, 0.1) is 18.6 Å². The molecule has 3 rings (SSSR count). The van der Waals surface area contributed by atoms with E-state index in [1.165, 1.54) is 6.07 Å². The molecule has 0 amide bonds. The number of rotatable bonds is 6. The summed E-state index contributed by atoms with van der Waals surface area (Å²) in [5.74, 6) is -1.07. The Balaban J connectivity index is 0.00000300. The maximum Gasteiger partial charge on any atom is 0.191 e. The lowest BCUT2D eigenvalue weighted by Crippen LogP contribution is -2.39. The van der Waals surface area contributed by atoms with E-state index in [4.69, 9.17) is 0 Å². The Hall–Kier alpha value is -2.23. The van der Waals surface area contributed by atoms with Gasteiger partial charge in [-0.2, -0.15) is 0 Å². The van der Waals surface area contributed by atoms with Crippen molar-refractivity contribution in [3.05, 3.63) is 71.2 Å². The number of pyridine rings is 1. The summed E-state index contributed by atoms with van der Waals surface area (Å²) < 4.78 is 28.6. The molecule has 29 heavy (non-hydrogen) atoms. The van der Waals surface area contributed by atoms with Crippen LogP contribution in [0.15, 0.2) is 47.7 Å². The normalized spacial score (nSPS) is 12.5. The summed E-state index contributed by atoms with van der Waals surface area (Å²) in [6.07, 6.45) is 4.70. The lowest BCUT2D eigenvalue weighted by molar-refractivity contribution is 0.504. The van der Waals surface area contributed by atoms with E-state index in [1.807, 2.05) is 49.7 Å². The van der Waals surface area contributed by atoms with Crippen LogP contribution in [0.3, 0.4) is 0 Å². The van der Waals surface area contributed by atoms with Crippen molar-refractivity contribution in [2.75, 3.05) is 13.1 Å². The zero-order valence-electron chi connectivity index (χ0n) is 16.7. The molecular weight excluding hydrogens is 487 g/mol. The Morgan fingerprint density at radius 3 is 2.72 bits per heavy atom. The lowest BCUT2D eigenvalue weighted by atomic mass is 10.1. The quantitative estimate of drug-likeness (QED) is 0.292. The topological polar surface area (TPSA) is 53.7 Å². The molecule has 2 N–H and O–H groups in total. The Bertz CT molecular complexity index is 986. The van der Waals surface area contributed by atoms with Gasteiger partial charge < -0.3 is 15.0 Å². The van der Waals surface area contributed by atoms with Crippen LogP contribution in [0.5, 0.6) is 0 Å². The molecule has 2 heterocycles. The number of hydrogen-bond donors (Lipinski definition) is 2. The molecule has 1 atom stereocenters. The van der Waals surface area contributed by atoms with Gasteiger partial charge in [-0.05, 0) is 50.1 Å². The molecule has 2 aromatic heterocycles. The second-order valence-electron chi connectivity index (χ2n) is 6.70. The van der Waals surface area contributed by atoms with E-state index in [0.717, 1.165) is 23.0 Å². The number of guanidine groups is 1. The molecule has 8 heteroatoms. The summed E-state index contributed by atoms with van der Waals surface area (Å²) in [5, 5.41) is 6.40. The molecule has 156 valence electrons. The number of benzene rings is 1. The van der Waals surface area contributed by atoms with Gasteiger partial charge in [-0.1, -0.05) is 12.1 Å². The van der Waals surface area contributed by atoms with Crippen LogP contribution in [-0.4, -0.2) is 28.4 Å². The number of aromatic nitrogens is 2. The van der Waals surface area contributed by atoms with Gasteiger partial charge in [-0.25, -0.2) is 13.8 Å². The van der Waals surface area contributed by atoms with Gasteiger partial charge >= 0.3 is 0 Å². The maximum atomic E-state index is 13.5. The second kappa shape index (κ2) is 10.5. The van der Waals surface area contributed by atoms with Crippen LogP contribution in [0.4, 0.5) is 8.78 Å². The standard InChI is InChI=1S/C21H25F2N5.HI/c1-4-24-21(26-15(3)16-7-8-18(22)19(23)12-16)25-10-9-17-13-28-11-5-6-14(2)20(28)27-17;/h5-8,11-13,15H,4,9-10H2,1-3H3,(H2,24,25,26);1H. The molecule has 0 bridgehead atoms. The van der Waals surface area contributed by atoms with Gasteiger partial charge in [0.05, 0.1) is 11.7 Å². The molecule has 0 saturated heterocycles. The minimum atomic E-state index is -0.852. The first-order valence-electron chi connectivity index (χ1n) is 9.41. The molecule has 3 aromatic rings. The smallest absolute Gasteiger partial charge is 0.191 e. The zero-order chi connectivity index (χ0) is 20.1. The maximum absolute atomic E-state index is 13.5. The minimum Gasteiger partial charge on any atom is -0.357 e. The van der Waals surface area contributed by atoms with Crippen LogP contribution >= 0.6 is 24.0 Å². The van der Waals surface area contributed by atoms with Gasteiger partial charge in [0.15, 0.2) is 17.6 Å². The summed E-state index contributed by atoms with van der Waals surface area (Å²) in [6.45, 7) is 7.15. The van der Waals surface area contributed by atoms with Gasteiger partial charge in [0, 0.05) is 31.9 Å². The highest BCUT2D eigenvalue weighted by Crippen LogP contribution is 2.16. The SMILES string of the molecule is CCNC(=NCCc1cn2cccc(C)c2n1)NC(C)c1ccc(F)c(F)c1.I. The van der Waals surface area contributed by atoms with Gasteiger partial charge in [-0.15, -0.1) is 24.0 Å². The number of aliphatic imine (C=N–C) groups is 1. The minimum absolute atomic E-state index is 0. The Labute approximate surface area is 186 Å². The Morgan fingerprint density at radius 2 is 2.03 bits per heavy atom. The molecule has 5 nitrogen and oxygen atoms in total.